The molecule has 1 aliphatic heterocycles. The molecule has 0 spiro atoms. The van der Waals surface area contributed by atoms with E-state index in [0.29, 0.717) is 36.6 Å². The summed E-state index contributed by atoms with van der Waals surface area (Å²) < 4.78 is 30.8. The molecule has 0 aliphatic carbocycles. The number of rotatable bonds is 5. The lowest BCUT2D eigenvalue weighted by Gasteiger charge is -2.19. The summed E-state index contributed by atoms with van der Waals surface area (Å²) in [5.41, 5.74) is 0.942. The third-order valence-electron chi connectivity index (χ3n) is 3.82. The van der Waals surface area contributed by atoms with E-state index in [0.717, 1.165) is 4.88 Å². The minimum Gasteiger partial charge on any atom is -0.495 e. The second kappa shape index (κ2) is 7.32. The lowest BCUT2D eigenvalue weighted by molar-refractivity contribution is 0.251. The molecule has 3 rings (SSSR count). The molecule has 25 heavy (non-hydrogen) atoms. The van der Waals surface area contributed by atoms with Gasteiger partial charge in [-0.3, -0.25) is 4.31 Å². The molecule has 1 aromatic heterocycles. The van der Waals surface area contributed by atoms with E-state index in [1.807, 2.05) is 17.5 Å². The van der Waals surface area contributed by atoms with Crippen molar-refractivity contribution in [2.24, 2.45) is 0 Å². The van der Waals surface area contributed by atoms with Crippen molar-refractivity contribution in [2.45, 2.75) is 13.0 Å². The quantitative estimate of drug-likeness (QED) is 0.833. The van der Waals surface area contributed by atoms with Gasteiger partial charge in [0.05, 0.1) is 30.8 Å². The van der Waals surface area contributed by atoms with Gasteiger partial charge in [-0.2, -0.15) is 0 Å². The summed E-state index contributed by atoms with van der Waals surface area (Å²) >= 11 is 1.56. The molecule has 1 aromatic carbocycles. The zero-order valence-corrected chi connectivity index (χ0v) is 15.3. The summed E-state index contributed by atoms with van der Waals surface area (Å²) in [6, 6.07) is 8.42. The van der Waals surface area contributed by atoms with Crippen molar-refractivity contribution in [3.8, 4) is 5.75 Å². The van der Waals surface area contributed by atoms with Gasteiger partial charge in [-0.1, -0.05) is 6.07 Å². The highest BCUT2D eigenvalue weighted by Crippen LogP contribution is 2.32. The number of carbonyl (C=O) groups is 1. The van der Waals surface area contributed by atoms with Crippen molar-refractivity contribution in [2.75, 3.05) is 29.0 Å². The lowest BCUT2D eigenvalue weighted by atomic mass is 10.2. The number of anilines is 2. The summed E-state index contributed by atoms with van der Waals surface area (Å²) in [5.74, 6) is 0.606. The van der Waals surface area contributed by atoms with Gasteiger partial charge >= 0.3 is 6.03 Å². The Hall–Kier alpha value is -2.26. The molecular weight excluding hydrogens is 362 g/mol. The van der Waals surface area contributed by atoms with E-state index in [4.69, 9.17) is 4.74 Å². The summed E-state index contributed by atoms with van der Waals surface area (Å²) in [6.07, 6.45) is 0.596. The summed E-state index contributed by atoms with van der Waals surface area (Å²) in [7, 11) is -1.78. The highest BCUT2D eigenvalue weighted by molar-refractivity contribution is 7.93. The van der Waals surface area contributed by atoms with Crippen molar-refractivity contribution in [1.82, 2.24) is 5.32 Å². The minimum absolute atomic E-state index is 0.142. The smallest absolute Gasteiger partial charge is 0.319 e. The number of methoxy groups -OCH3 is 1. The van der Waals surface area contributed by atoms with Gasteiger partial charge in [-0.25, -0.2) is 13.2 Å². The van der Waals surface area contributed by atoms with E-state index in [1.165, 1.54) is 11.4 Å². The normalized spacial score (nSPS) is 15.8. The van der Waals surface area contributed by atoms with E-state index in [2.05, 4.69) is 10.6 Å². The molecule has 1 fully saturated rings. The Morgan fingerprint density at radius 1 is 1.36 bits per heavy atom. The van der Waals surface area contributed by atoms with Crippen LogP contribution in [0.3, 0.4) is 0 Å². The van der Waals surface area contributed by atoms with Crippen LogP contribution in [0.5, 0.6) is 5.75 Å². The van der Waals surface area contributed by atoms with Crippen molar-refractivity contribution in [3.05, 3.63) is 40.6 Å². The van der Waals surface area contributed by atoms with Crippen molar-refractivity contribution >= 4 is 38.8 Å². The molecule has 7 nitrogen and oxygen atoms in total. The van der Waals surface area contributed by atoms with Crippen LogP contribution in [0, 0.1) is 0 Å². The van der Waals surface area contributed by atoms with Gasteiger partial charge in [0, 0.05) is 11.4 Å². The van der Waals surface area contributed by atoms with E-state index in [-0.39, 0.29) is 11.8 Å². The van der Waals surface area contributed by atoms with Crippen LogP contribution >= 0.6 is 11.3 Å². The van der Waals surface area contributed by atoms with Crippen LogP contribution in [0.15, 0.2) is 35.7 Å². The number of urea groups is 1. The maximum Gasteiger partial charge on any atom is 0.319 e. The molecule has 2 N–H and O–H groups in total. The summed E-state index contributed by atoms with van der Waals surface area (Å²) in [5, 5.41) is 7.43. The number of sulfonamides is 1. The lowest BCUT2D eigenvalue weighted by Crippen LogP contribution is -2.28. The third-order valence-corrected chi connectivity index (χ3v) is 6.57. The van der Waals surface area contributed by atoms with Crippen LogP contribution in [0.1, 0.15) is 11.3 Å². The highest BCUT2D eigenvalue weighted by atomic mass is 32.2. The zero-order valence-electron chi connectivity index (χ0n) is 13.7. The number of ether oxygens (including phenoxy) is 1. The number of amides is 2. The Kier molecular flexibility index (Phi) is 5.14. The molecule has 1 aliphatic rings. The molecule has 2 aromatic rings. The fourth-order valence-corrected chi connectivity index (χ4v) is 4.83. The number of benzene rings is 1. The summed E-state index contributed by atoms with van der Waals surface area (Å²) in [6.45, 7) is 0.866. The number of nitrogens with zero attached hydrogens (tertiary/aromatic N) is 1. The van der Waals surface area contributed by atoms with Crippen LogP contribution in [0.25, 0.3) is 0 Å². The molecule has 0 saturated carbocycles. The van der Waals surface area contributed by atoms with Crippen LogP contribution < -0.4 is 19.7 Å². The van der Waals surface area contributed by atoms with Gasteiger partial charge in [-0.15, -0.1) is 11.3 Å². The monoisotopic (exact) mass is 381 g/mol. The maximum absolute atomic E-state index is 12.1. The van der Waals surface area contributed by atoms with Gasteiger partial charge in [0.2, 0.25) is 10.0 Å². The highest BCUT2D eigenvalue weighted by Gasteiger charge is 2.29. The fourth-order valence-electron chi connectivity index (χ4n) is 2.63. The largest absolute Gasteiger partial charge is 0.495 e. The van der Waals surface area contributed by atoms with Crippen LogP contribution in [0.4, 0.5) is 16.2 Å². The Labute approximate surface area is 150 Å². The standard InChI is InChI=1S/C16H19N3O4S2/c1-23-15-6-5-12(19-7-3-9-25(19,21)22)10-14(15)18-16(20)17-11-13-4-2-8-24-13/h2,4-6,8,10H,3,7,9,11H2,1H3,(H2,17,18,20). The number of hydrogen-bond donors (Lipinski definition) is 2. The van der Waals surface area contributed by atoms with Crippen LogP contribution in [0.2, 0.25) is 0 Å². The minimum atomic E-state index is -3.28. The molecule has 0 bridgehead atoms. The Balaban J connectivity index is 1.75. The Morgan fingerprint density at radius 3 is 2.84 bits per heavy atom. The van der Waals surface area contributed by atoms with Gasteiger partial charge in [0.1, 0.15) is 5.75 Å². The maximum atomic E-state index is 12.1. The predicted molar refractivity (Wildman–Crippen MR) is 98.9 cm³/mol. The second-order valence-electron chi connectivity index (χ2n) is 5.51. The molecule has 0 atom stereocenters. The van der Waals surface area contributed by atoms with Crippen LogP contribution in [-0.4, -0.2) is 33.9 Å². The van der Waals surface area contributed by atoms with Crippen LogP contribution in [-0.2, 0) is 16.6 Å². The number of hydrogen-bond acceptors (Lipinski definition) is 5. The molecule has 1 saturated heterocycles. The number of nitrogens with one attached hydrogen (secondary N) is 2. The summed E-state index contributed by atoms with van der Waals surface area (Å²) in [4.78, 5) is 13.2. The first kappa shape index (κ1) is 17.6. The van der Waals surface area contributed by atoms with Crippen molar-refractivity contribution in [3.63, 3.8) is 0 Å². The molecule has 0 radical (unpaired) electrons. The Bertz CT molecular complexity index is 850. The Morgan fingerprint density at radius 2 is 2.20 bits per heavy atom. The van der Waals surface area contributed by atoms with Crippen molar-refractivity contribution < 1.29 is 17.9 Å². The van der Waals surface area contributed by atoms with Gasteiger partial charge in [0.15, 0.2) is 0 Å². The first-order chi connectivity index (χ1) is 12.0. The fraction of sp³-hybridized carbons (Fsp3) is 0.312. The molecule has 2 heterocycles. The second-order valence-corrected chi connectivity index (χ2v) is 8.56. The zero-order chi connectivity index (χ0) is 17.9. The molecule has 0 unspecified atom stereocenters. The van der Waals surface area contributed by atoms with Gasteiger partial charge in [0.25, 0.3) is 0 Å². The van der Waals surface area contributed by atoms with E-state index in [1.54, 1.807) is 29.5 Å². The molecular formula is C16H19N3O4S2. The van der Waals surface area contributed by atoms with Crippen molar-refractivity contribution in [1.29, 1.82) is 0 Å². The first-order valence-electron chi connectivity index (χ1n) is 7.75. The van der Waals surface area contributed by atoms with E-state index in [9.17, 15) is 13.2 Å². The average Bonchev–Trinajstić information content (AvgIpc) is 3.22. The van der Waals surface area contributed by atoms with E-state index >= 15 is 0 Å². The number of carbonyl (C=O) groups excluding carboxylic acids is 1. The molecule has 9 heteroatoms. The van der Waals surface area contributed by atoms with Gasteiger partial charge < -0.3 is 15.4 Å². The molecule has 134 valence electrons. The third kappa shape index (κ3) is 4.05. The first-order valence-corrected chi connectivity index (χ1v) is 10.2. The molecule has 2 amide bonds. The SMILES string of the molecule is COc1ccc(N2CCCS2(=O)=O)cc1NC(=O)NCc1cccs1. The number of thiophene rings is 1. The average molecular weight is 381 g/mol. The predicted octanol–water partition coefficient (Wildman–Crippen LogP) is 2.62. The topological polar surface area (TPSA) is 87.7 Å². The van der Waals surface area contributed by atoms with Gasteiger partial charge in [-0.05, 0) is 36.1 Å². The van der Waals surface area contributed by atoms with E-state index < -0.39 is 10.0 Å².